The number of amides is 3. The molecular weight excluding hydrogens is 353 g/mol. The number of benzene rings is 1. The topological polar surface area (TPSA) is 98.7 Å². The second-order valence-electron chi connectivity index (χ2n) is 7.06. The second-order valence-corrected chi connectivity index (χ2v) is 7.06. The Hall–Kier alpha value is -2.64. The van der Waals surface area contributed by atoms with E-state index in [1.165, 1.54) is 17.0 Å². The van der Waals surface area contributed by atoms with Crippen LogP contribution in [-0.2, 0) is 4.79 Å². The molecule has 1 aliphatic heterocycles. The number of nitrogens with one attached hydrogen (secondary N) is 2. The predicted octanol–water partition coefficient (Wildman–Crippen LogP) is 2.51. The molecular formula is C19H24FN3O4. The van der Waals surface area contributed by atoms with Gasteiger partial charge in [0.15, 0.2) is 0 Å². The number of nitrogens with zero attached hydrogens (tertiary/aromatic N) is 1. The molecule has 1 saturated carbocycles. The number of carboxylic acid groups (broad SMARTS) is 1. The van der Waals surface area contributed by atoms with E-state index in [-0.39, 0.29) is 11.6 Å². The van der Waals surface area contributed by atoms with Crippen molar-refractivity contribution in [1.29, 1.82) is 0 Å². The average Bonchev–Trinajstić information content (AvgIpc) is 3.03. The standard InChI is InChI=1S/C19H24FN3O4/c20-15-8-7-12(23-10-9-21-19(23)27)11-14(15)17(24)22-16-6-4-2-1-3-5-13(16)18(25)26/h7-8,11,13,16H,1-6,9-10H2,(H,21,27)(H,22,24)(H,25,26). The maximum absolute atomic E-state index is 14.3. The van der Waals surface area contributed by atoms with Gasteiger partial charge in [0.05, 0.1) is 11.5 Å². The van der Waals surface area contributed by atoms with E-state index in [2.05, 4.69) is 10.6 Å². The van der Waals surface area contributed by atoms with Crippen LogP contribution in [0.2, 0.25) is 0 Å². The van der Waals surface area contributed by atoms with Crippen molar-refractivity contribution in [3.8, 4) is 0 Å². The minimum atomic E-state index is -0.940. The first-order valence-corrected chi connectivity index (χ1v) is 9.36. The number of hydrogen-bond acceptors (Lipinski definition) is 3. The quantitative estimate of drug-likeness (QED) is 0.751. The van der Waals surface area contributed by atoms with Crippen LogP contribution in [0.25, 0.3) is 0 Å². The Morgan fingerprint density at radius 3 is 2.59 bits per heavy atom. The lowest BCUT2D eigenvalue weighted by Crippen LogP contribution is -2.44. The summed E-state index contributed by atoms with van der Waals surface area (Å²) < 4.78 is 14.3. The number of halogens is 1. The Labute approximate surface area is 156 Å². The van der Waals surface area contributed by atoms with Crippen LogP contribution in [0.4, 0.5) is 14.9 Å². The third-order valence-corrected chi connectivity index (χ3v) is 5.26. The summed E-state index contributed by atoms with van der Waals surface area (Å²) in [6.45, 7) is 0.926. The first kappa shape index (κ1) is 19.1. The molecule has 2 aliphatic rings. The Morgan fingerprint density at radius 1 is 1.19 bits per heavy atom. The van der Waals surface area contributed by atoms with E-state index in [0.717, 1.165) is 31.7 Å². The molecule has 1 heterocycles. The Balaban J connectivity index is 1.79. The normalized spacial score (nSPS) is 23.3. The van der Waals surface area contributed by atoms with Crippen molar-refractivity contribution in [3.05, 3.63) is 29.6 Å². The molecule has 0 spiro atoms. The maximum Gasteiger partial charge on any atom is 0.321 e. The highest BCUT2D eigenvalue weighted by Gasteiger charge is 2.31. The maximum atomic E-state index is 14.3. The molecule has 2 atom stereocenters. The van der Waals surface area contributed by atoms with Crippen LogP contribution in [0.5, 0.6) is 0 Å². The van der Waals surface area contributed by atoms with Crippen LogP contribution >= 0.6 is 0 Å². The van der Waals surface area contributed by atoms with Crippen molar-refractivity contribution < 1.29 is 23.9 Å². The SMILES string of the molecule is O=C(NC1CCCCCCC1C(=O)O)c1cc(N2CCNC2=O)ccc1F. The van der Waals surface area contributed by atoms with Crippen molar-refractivity contribution in [2.75, 3.05) is 18.0 Å². The van der Waals surface area contributed by atoms with E-state index in [9.17, 15) is 23.9 Å². The van der Waals surface area contributed by atoms with Crippen molar-refractivity contribution in [2.45, 2.75) is 44.6 Å². The summed E-state index contributed by atoms with van der Waals surface area (Å²) in [7, 11) is 0. The van der Waals surface area contributed by atoms with Crippen LogP contribution in [0, 0.1) is 11.7 Å². The lowest BCUT2D eigenvalue weighted by Gasteiger charge is -2.27. The zero-order valence-electron chi connectivity index (χ0n) is 15.0. The lowest BCUT2D eigenvalue weighted by atomic mass is 9.86. The number of carbonyl (C=O) groups excluding carboxylic acids is 2. The lowest BCUT2D eigenvalue weighted by molar-refractivity contribution is -0.143. The molecule has 146 valence electrons. The molecule has 0 aromatic heterocycles. The third-order valence-electron chi connectivity index (χ3n) is 5.26. The number of urea groups is 1. The summed E-state index contributed by atoms with van der Waals surface area (Å²) in [6.07, 6.45) is 4.66. The van der Waals surface area contributed by atoms with Crippen LogP contribution in [0.1, 0.15) is 48.9 Å². The third kappa shape index (κ3) is 4.37. The molecule has 3 rings (SSSR count). The van der Waals surface area contributed by atoms with Gasteiger partial charge < -0.3 is 15.7 Å². The predicted molar refractivity (Wildman–Crippen MR) is 97.2 cm³/mol. The van der Waals surface area contributed by atoms with Crippen molar-refractivity contribution in [2.24, 2.45) is 5.92 Å². The molecule has 2 fully saturated rings. The monoisotopic (exact) mass is 377 g/mol. The van der Waals surface area contributed by atoms with Crippen molar-refractivity contribution >= 4 is 23.6 Å². The average molecular weight is 377 g/mol. The summed E-state index contributed by atoms with van der Waals surface area (Å²) in [5, 5.41) is 14.9. The number of rotatable bonds is 4. The van der Waals surface area contributed by atoms with Gasteiger partial charge in [-0.2, -0.15) is 0 Å². The minimum Gasteiger partial charge on any atom is -0.481 e. The van der Waals surface area contributed by atoms with Gasteiger partial charge in [0.2, 0.25) is 0 Å². The molecule has 1 aromatic carbocycles. The summed E-state index contributed by atoms with van der Waals surface area (Å²) in [5.74, 6) is -2.96. The molecule has 1 aliphatic carbocycles. The molecule has 0 radical (unpaired) electrons. The van der Waals surface area contributed by atoms with Gasteiger partial charge in [-0.15, -0.1) is 0 Å². The first-order chi connectivity index (χ1) is 13.0. The highest BCUT2D eigenvalue weighted by molar-refractivity contribution is 5.99. The summed E-state index contributed by atoms with van der Waals surface area (Å²) >= 11 is 0. The molecule has 8 heteroatoms. The zero-order chi connectivity index (χ0) is 19.4. The van der Waals surface area contributed by atoms with Gasteiger partial charge in [0.25, 0.3) is 5.91 Å². The van der Waals surface area contributed by atoms with Gasteiger partial charge in [-0.3, -0.25) is 14.5 Å². The van der Waals surface area contributed by atoms with Crippen LogP contribution in [-0.4, -0.2) is 42.1 Å². The number of carboxylic acids is 1. The largest absolute Gasteiger partial charge is 0.481 e. The van der Waals surface area contributed by atoms with Crippen molar-refractivity contribution in [3.63, 3.8) is 0 Å². The van der Waals surface area contributed by atoms with Crippen LogP contribution in [0.3, 0.4) is 0 Å². The molecule has 1 aromatic rings. The van der Waals surface area contributed by atoms with E-state index in [1.54, 1.807) is 0 Å². The van der Waals surface area contributed by atoms with Gasteiger partial charge in [0, 0.05) is 24.8 Å². The fraction of sp³-hybridized carbons (Fsp3) is 0.526. The van der Waals surface area contributed by atoms with E-state index in [1.807, 2.05) is 0 Å². The van der Waals surface area contributed by atoms with Gasteiger partial charge in [-0.25, -0.2) is 9.18 Å². The van der Waals surface area contributed by atoms with Gasteiger partial charge in [-0.1, -0.05) is 25.7 Å². The van der Waals surface area contributed by atoms with Crippen LogP contribution in [0.15, 0.2) is 18.2 Å². The summed E-state index contributed by atoms with van der Waals surface area (Å²) in [6, 6.07) is 3.12. The minimum absolute atomic E-state index is 0.182. The molecule has 27 heavy (non-hydrogen) atoms. The number of anilines is 1. The van der Waals surface area contributed by atoms with Crippen molar-refractivity contribution in [1.82, 2.24) is 10.6 Å². The fourth-order valence-corrected chi connectivity index (χ4v) is 3.77. The number of aliphatic carboxylic acids is 1. The molecule has 3 amide bonds. The van der Waals surface area contributed by atoms with Gasteiger partial charge >= 0.3 is 12.0 Å². The Morgan fingerprint density at radius 2 is 1.93 bits per heavy atom. The molecule has 2 unspecified atom stereocenters. The Bertz CT molecular complexity index is 740. The van der Waals surface area contributed by atoms with Gasteiger partial charge in [0.1, 0.15) is 5.82 Å². The van der Waals surface area contributed by atoms with E-state index in [0.29, 0.717) is 31.6 Å². The van der Waals surface area contributed by atoms with E-state index < -0.39 is 29.7 Å². The second kappa shape index (κ2) is 8.37. The highest BCUT2D eigenvalue weighted by Crippen LogP contribution is 2.25. The zero-order valence-corrected chi connectivity index (χ0v) is 15.0. The smallest absolute Gasteiger partial charge is 0.321 e. The highest BCUT2D eigenvalue weighted by atomic mass is 19.1. The molecule has 0 bridgehead atoms. The Kier molecular flexibility index (Phi) is 5.93. The summed E-state index contributed by atoms with van der Waals surface area (Å²) in [5.41, 5.74) is 0.252. The van der Waals surface area contributed by atoms with Gasteiger partial charge in [-0.05, 0) is 31.0 Å². The van der Waals surface area contributed by atoms with E-state index >= 15 is 0 Å². The number of carbonyl (C=O) groups is 3. The molecule has 3 N–H and O–H groups in total. The van der Waals surface area contributed by atoms with E-state index in [4.69, 9.17) is 0 Å². The molecule has 1 saturated heterocycles. The fourth-order valence-electron chi connectivity index (χ4n) is 3.77. The van der Waals surface area contributed by atoms with Crippen LogP contribution < -0.4 is 15.5 Å². The number of hydrogen-bond donors (Lipinski definition) is 3. The summed E-state index contributed by atoms with van der Waals surface area (Å²) in [4.78, 5) is 37.5. The first-order valence-electron chi connectivity index (χ1n) is 9.36. The molecule has 7 nitrogen and oxygen atoms in total.